The molecule has 0 aromatic heterocycles. The first-order valence-electron chi connectivity index (χ1n) is 14.2. The molecule has 4 fully saturated rings. The van der Waals surface area contributed by atoms with Crippen molar-refractivity contribution in [2.75, 3.05) is 6.54 Å². The Morgan fingerprint density at radius 2 is 1.54 bits per heavy atom. The second-order valence-electron chi connectivity index (χ2n) is 12.1. The number of amides is 3. The fraction of sp³-hybridized carbons (Fsp3) is 0.643. The number of nitrogens with one attached hydrogen (secondary N) is 3. The molecule has 4 bridgehead atoms. The Balaban J connectivity index is 1.36. The van der Waals surface area contributed by atoms with Crippen molar-refractivity contribution >= 4 is 31.5 Å². The highest BCUT2D eigenvalue weighted by Gasteiger charge is 2.50. The van der Waals surface area contributed by atoms with Gasteiger partial charge in [0.05, 0.1) is 0 Å². The van der Waals surface area contributed by atoms with E-state index < -0.39 is 43.6 Å². The third kappa shape index (κ3) is 9.02. The molecule has 0 radical (unpaired) electrons. The van der Waals surface area contributed by atoms with Crippen LogP contribution in [0, 0.1) is 23.2 Å². The minimum Gasteiger partial charge on any atom is -0.481 e. The Labute approximate surface area is 239 Å². The number of rotatable bonds is 14. The van der Waals surface area contributed by atoms with Gasteiger partial charge in [0.1, 0.15) is 17.8 Å². The van der Waals surface area contributed by atoms with Crippen molar-refractivity contribution < 1.29 is 43.2 Å². The lowest BCUT2D eigenvalue weighted by atomic mass is 9.49. The maximum absolute atomic E-state index is 13.2. The lowest BCUT2D eigenvalue weighted by molar-refractivity contribution is -0.138. The maximum atomic E-state index is 13.2. The van der Waals surface area contributed by atoms with Gasteiger partial charge in [-0.3, -0.25) is 29.0 Å². The first kappa shape index (κ1) is 31.0. The topological polar surface area (TPSA) is 191 Å². The third-order valence-electron chi connectivity index (χ3n) is 8.68. The van der Waals surface area contributed by atoms with Gasteiger partial charge in [0, 0.05) is 26.3 Å². The maximum Gasteiger partial charge on any atom is 0.524 e. The van der Waals surface area contributed by atoms with Crippen LogP contribution in [-0.4, -0.2) is 57.2 Å². The highest BCUT2D eigenvalue weighted by molar-refractivity contribution is 7.46. The van der Waals surface area contributed by atoms with Crippen molar-refractivity contribution in [3.63, 3.8) is 0 Å². The van der Waals surface area contributed by atoms with Gasteiger partial charge in [0.2, 0.25) is 17.7 Å². The van der Waals surface area contributed by atoms with Gasteiger partial charge in [-0.15, -0.1) is 0 Å². The fourth-order valence-corrected chi connectivity index (χ4v) is 7.89. The molecule has 1 aromatic rings. The van der Waals surface area contributed by atoms with Crippen LogP contribution in [0.3, 0.4) is 0 Å². The van der Waals surface area contributed by atoms with Crippen LogP contribution in [0.25, 0.3) is 0 Å². The molecule has 0 heterocycles. The summed E-state index contributed by atoms with van der Waals surface area (Å²) in [5.74, 6) is -0.371. The average Bonchev–Trinajstić information content (AvgIpc) is 2.85. The molecule has 2 atom stereocenters. The van der Waals surface area contributed by atoms with Crippen molar-refractivity contribution in [3.05, 3.63) is 29.8 Å². The number of carbonyl (C=O) groups excluding carboxylic acids is 3. The van der Waals surface area contributed by atoms with Gasteiger partial charge in [-0.25, -0.2) is 4.57 Å². The average molecular weight is 594 g/mol. The highest BCUT2D eigenvalue weighted by Crippen LogP contribution is 2.61. The molecular formula is C28H40N3O9P. The van der Waals surface area contributed by atoms with Crippen molar-refractivity contribution in [1.29, 1.82) is 0 Å². The first-order chi connectivity index (χ1) is 19.3. The van der Waals surface area contributed by atoms with Crippen LogP contribution in [0.2, 0.25) is 0 Å². The van der Waals surface area contributed by atoms with E-state index in [2.05, 4.69) is 20.5 Å². The summed E-state index contributed by atoms with van der Waals surface area (Å²) in [6, 6.07) is 3.46. The molecule has 5 rings (SSSR count). The molecule has 0 aliphatic heterocycles. The molecule has 1 aromatic carbocycles. The van der Waals surface area contributed by atoms with Gasteiger partial charge in [-0.1, -0.05) is 12.1 Å². The van der Waals surface area contributed by atoms with Crippen LogP contribution in [-0.2, 0) is 30.2 Å². The lowest BCUT2D eigenvalue weighted by Gasteiger charge is -2.57. The summed E-state index contributed by atoms with van der Waals surface area (Å²) in [5.41, 5.74) is 0.823. The van der Waals surface area contributed by atoms with Gasteiger partial charge in [-0.2, -0.15) is 0 Å². The van der Waals surface area contributed by atoms with E-state index in [-0.39, 0.29) is 30.4 Å². The predicted octanol–water partition coefficient (Wildman–Crippen LogP) is 2.28. The van der Waals surface area contributed by atoms with Crippen LogP contribution in [0.5, 0.6) is 5.75 Å². The van der Waals surface area contributed by atoms with E-state index in [0.717, 1.165) is 24.2 Å². The Morgan fingerprint density at radius 1 is 0.951 bits per heavy atom. The van der Waals surface area contributed by atoms with E-state index in [1.165, 1.54) is 69.7 Å². The Kier molecular flexibility index (Phi) is 9.77. The zero-order valence-corrected chi connectivity index (χ0v) is 24.1. The number of carboxylic acid groups (broad SMARTS) is 1. The lowest BCUT2D eigenvalue weighted by Crippen LogP contribution is -2.54. The van der Waals surface area contributed by atoms with E-state index in [1.807, 2.05) is 0 Å². The molecule has 226 valence electrons. The van der Waals surface area contributed by atoms with Gasteiger partial charge in [0.15, 0.2) is 0 Å². The van der Waals surface area contributed by atoms with E-state index in [9.17, 15) is 28.8 Å². The van der Waals surface area contributed by atoms with Crippen molar-refractivity contribution in [2.24, 2.45) is 23.2 Å². The number of carbonyl (C=O) groups is 4. The molecule has 4 aliphatic rings. The minimum atomic E-state index is -4.73. The third-order valence-corrected chi connectivity index (χ3v) is 9.13. The van der Waals surface area contributed by atoms with E-state index in [0.29, 0.717) is 12.1 Å². The summed E-state index contributed by atoms with van der Waals surface area (Å²) >= 11 is 0. The normalized spacial score (nSPS) is 26.1. The monoisotopic (exact) mass is 593 g/mol. The molecule has 6 N–H and O–H groups in total. The second kappa shape index (κ2) is 12.9. The smallest absolute Gasteiger partial charge is 0.481 e. The number of carboxylic acids is 1. The molecule has 13 heteroatoms. The fourth-order valence-electron chi connectivity index (χ4n) is 7.49. The Morgan fingerprint density at radius 3 is 2.05 bits per heavy atom. The Hall–Kier alpha value is -2.95. The van der Waals surface area contributed by atoms with Gasteiger partial charge in [0.25, 0.3) is 0 Å². The molecule has 0 saturated heterocycles. The van der Waals surface area contributed by atoms with E-state index in [4.69, 9.17) is 9.79 Å². The van der Waals surface area contributed by atoms with Gasteiger partial charge < -0.3 is 25.6 Å². The van der Waals surface area contributed by atoms with Crippen LogP contribution in [0.1, 0.15) is 70.3 Å². The van der Waals surface area contributed by atoms with E-state index in [1.54, 1.807) is 0 Å². The number of phosphoric ester groups is 1. The van der Waals surface area contributed by atoms with Gasteiger partial charge in [-0.05, 0) is 92.2 Å². The molecule has 0 spiro atoms. The summed E-state index contributed by atoms with van der Waals surface area (Å²) in [4.78, 5) is 67.4. The summed E-state index contributed by atoms with van der Waals surface area (Å²) in [6.07, 6.45) is 8.07. The number of phosphoric acid groups is 1. The summed E-state index contributed by atoms with van der Waals surface area (Å²) < 4.78 is 15.6. The molecule has 4 aliphatic carbocycles. The molecule has 4 saturated carbocycles. The number of hydrogen-bond donors (Lipinski definition) is 6. The summed E-state index contributed by atoms with van der Waals surface area (Å²) in [6.45, 7) is 1.71. The largest absolute Gasteiger partial charge is 0.524 e. The predicted molar refractivity (Wildman–Crippen MR) is 147 cm³/mol. The number of aliphatic carboxylic acids is 1. The van der Waals surface area contributed by atoms with Crippen LogP contribution < -0.4 is 20.5 Å². The van der Waals surface area contributed by atoms with Crippen LogP contribution >= 0.6 is 7.82 Å². The summed E-state index contributed by atoms with van der Waals surface area (Å²) in [7, 11) is -4.73. The van der Waals surface area contributed by atoms with Crippen molar-refractivity contribution in [1.82, 2.24) is 16.0 Å². The molecular weight excluding hydrogens is 553 g/mol. The standard InChI is InChI=1S/C28H40N3O9P/c1-17(32)30-24(13-18-2-4-22(5-3-18)40-41(37,38)39)27(36)31-23(6-7-25(33)34)26(35)29-9-8-28-14-19-10-20(15-28)12-21(11-19)16-28/h2-5,19-21,23-24H,6-16H2,1H3,(H,29,35)(H,30,32)(H,31,36)(H,33,34)(H2,37,38,39)/t19?,20?,21?,23-,24+,28?/m0/s1. The molecule has 41 heavy (non-hydrogen) atoms. The summed E-state index contributed by atoms with van der Waals surface area (Å²) in [5, 5.41) is 17.3. The zero-order valence-electron chi connectivity index (χ0n) is 23.2. The van der Waals surface area contributed by atoms with Crippen molar-refractivity contribution in [3.8, 4) is 5.75 Å². The zero-order chi connectivity index (χ0) is 29.8. The number of benzene rings is 1. The molecule has 12 nitrogen and oxygen atoms in total. The molecule has 3 amide bonds. The molecule has 0 unspecified atom stereocenters. The Bertz CT molecular complexity index is 1150. The van der Waals surface area contributed by atoms with Crippen LogP contribution in [0.4, 0.5) is 0 Å². The van der Waals surface area contributed by atoms with E-state index >= 15 is 0 Å². The number of hydrogen-bond acceptors (Lipinski definition) is 6. The highest BCUT2D eigenvalue weighted by atomic mass is 31.2. The second-order valence-corrected chi connectivity index (χ2v) is 13.3. The van der Waals surface area contributed by atoms with Crippen LogP contribution in [0.15, 0.2) is 24.3 Å². The van der Waals surface area contributed by atoms with Crippen molar-refractivity contribution in [2.45, 2.75) is 83.2 Å². The SMILES string of the molecule is CC(=O)N[C@H](Cc1ccc(OP(=O)(O)O)cc1)C(=O)N[C@@H](CCC(=O)O)C(=O)NCCC12CC3CC(CC(C3)C1)C2. The first-order valence-corrected chi connectivity index (χ1v) is 15.7. The van der Waals surface area contributed by atoms with Gasteiger partial charge >= 0.3 is 13.8 Å². The minimum absolute atomic E-state index is 0.0148. The quantitative estimate of drug-likeness (QED) is 0.176.